The Hall–Kier alpha value is -3.02. The quantitative estimate of drug-likeness (QED) is 0.0298. The van der Waals surface area contributed by atoms with Gasteiger partial charge in [-0.2, -0.15) is 8.78 Å². The summed E-state index contributed by atoms with van der Waals surface area (Å²) in [5, 5.41) is 10.1. The summed E-state index contributed by atoms with van der Waals surface area (Å²) in [6.45, 7) is 16.5. The Morgan fingerprint density at radius 3 is 2.27 bits per heavy atom. The second-order valence-electron chi connectivity index (χ2n) is 15.5. The van der Waals surface area contributed by atoms with Gasteiger partial charge in [-0.3, -0.25) is 0 Å². The third-order valence-corrected chi connectivity index (χ3v) is 10.3. The van der Waals surface area contributed by atoms with E-state index in [0.717, 1.165) is 82.6 Å². The van der Waals surface area contributed by atoms with Gasteiger partial charge in [-0.1, -0.05) is 114 Å². The van der Waals surface area contributed by atoms with E-state index in [1.807, 2.05) is 26.0 Å². The van der Waals surface area contributed by atoms with Crippen molar-refractivity contribution in [3.8, 4) is 0 Å². The molecule has 0 spiro atoms. The number of aliphatic hydroxyl groups excluding tert-OH is 1. The van der Waals surface area contributed by atoms with Crippen molar-refractivity contribution in [1.82, 2.24) is 0 Å². The highest BCUT2D eigenvalue weighted by molar-refractivity contribution is 5.86. The number of hydrogen-bond acceptors (Lipinski definition) is 7. The van der Waals surface area contributed by atoms with Crippen LogP contribution in [0.1, 0.15) is 122 Å². The number of carbonyl (C=O) groups is 1. The van der Waals surface area contributed by atoms with Gasteiger partial charge in [0.25, 0.3) is 0 Å². The van der Waals surface area contributed by atoms with Crippen LogP contribution in [0, 0.1) is 11.8 Å². The van der Waals surface area contributed by atoms with Gasteiger partial charge in [0.05, 0.1) is 37.6 Å². The molecular formula is C46H67F3O7. The van der Waals surface area contributed by atoms with Crippen molar-refractivity contribution < 1.29 is 46.8 Å². The molecule has 6 atom stereocenters. The molecule has 0 aromatic heterocycles. The largest absolute Gasteiger partial charge is 0.462 e. The van der Waals surface area contributed by atoms with Gasteiger partial charge in [0, 0.05) is 17.8 Å². The summed E-state index contributed by atoms with van der Waals surface area (Å²) in [4.78, 5) is 11.4. The van der Waals surface area contributed by atoms with Crippen LogP contribution >= 0.6 is 0 Å². The number of allylic oxidation sites excluding steroid dienone is 2. The van der Waals surface area contributed by atoms with Gasteiger partial charge >= 0.3 is 12.1 Å². The fourth-order valence-electron chi connectivity index (χ4n) is 6.72. The van der Waals surface area contributed by atoms with E-state index in [9.17, 15) is 9.90 Å². The smallest absolute Gasteiger partial charge is 0.383 e. The molecule has 3 rings (SSSR count). The van der Waals surface area contributed by atoms with Crippen LogP contribution in [0.4, 0.5) is 13.2 Å². The van der Waals surface area contributed by atoms with Crippen molar-refractivity contribution in [3.63, 3.8) is 0 Å². The van der Waals surface area contributed by atoms with E-state index in [4.69, 9.17) is 23.7 Å². The lowest BCUT2D eigenvalue weighted by Gasteiger charge is -2.35. The predicted octanol–water partition coefficient (Wildman–Crippen LogP) is 11.2. The lowest BCUT2D eigenvalue weighted by atomic mass is 9.88. The van der Waals surface area contributed by atoms with E-state index < -0.39 is 30.5 Å². The first-order valence-corrected chi connectivity index (χ1v) is 20.7. The second kappa shape index (κ2) is 24.7. The van der Waals surface area contributed by atoms with Crippen LogP contribution in [0.2, 0.25) is 0 Å². The zero-order valence-corrected chi connectivity index (χ0v) is 34.3. The summed E-state index contributed by atoms with van der Waals surface area (Å²) in [7, 11) is 0. The van der Waals surface area contributed by atoms with Crippen LogP contribution in [-0.4, -0.2) is 61.9 Å². The molecule has 0 saturated carbocycles. The standard InChI is InChI=1S/C46H67F3O7/c1-7-29-52-32-28-35(4)44(51)54-31-15-11-9-13-17-38-20-24-40(25-21-38)46(48,49)55-41-26-27-42(36(5)33-41)56-45(6,47)39-22-18-37(19-23-39)16-12-8-10-14-30-53-43(50)34(2)3/h18,20-27,36-37,41-42,44,51H,2,4,7-17,19,28-33H2,1,3,5-6H3/t36?,37-,41?,42?,44?,45?/m0/s1. The predicted molar refractivity (Wildman–Crippen MR) is 216 cm³/mol. The maximum absolute atomic E-state index is 15.9. The van der Waals surface area contributed by atoms with Crippen molar-refractivity contribution in [2.45, 2.75) is 148 Å². The molecule has 0 bridgehead atoms. The van der Waals surface area contributed by atoms with Gasteiger partial charge in [0.15, 0.2) is 6.29 Å². The fraction of sp³-hybridized carbons (Fsp3) is 0.630. The highest BCUT2D eigenvalue weighted by Crippen LogP contribution is 2.38. The topological polar surface area (TPSA) is 83.5 Å². The summed E-state index contributed by atoms with van der Waals surface area (Å²) >= 11 is 0. The number of aliphatic hydroxyl groups is 1. The number of halogens is 3. The summed E-state index contributed by atoms with van der Waals surface area (Å²) < 4.78 is 73.6. The third-order valence-electron chi connectivity index (χ3n) is 10.3. The van der Waals surface area contributed by atoms with E-state index in [1.54, 1.807) is 37.3 Å². The molecule has 0 saturated heterocycles. The summed E-state index contributed by atoms with van der Waals surface area (Å²) in [5.74, 6) is -2.28. The van der Waals surface area contributed by atoms with Crippen LogP contribution in [0.3, 0.4) is 0 Å². The van der Waals surface area contributed by atoms with Crippen LogP contribution < -0.4 is 0 Å². The van der Waals surface area contributed by atoms with Crippen molar-refractivity contribution >= 4 is 5.97 Å². The Balaban J connectivity index is 1.33. The average Bonchev–Trinajstić information content (AvgIpc) is 3.16. The summed E-state index contributed by atoms with van der Waals surface area (Å²) in [5.41, 5.74) is 2.26. The fourth-order valence-corrected chi connectivity index (χ4v) is 6.72. The maximum atomic E-state index is 15.9. The average molecular weight is 789 g/mol. The minimum absolute atomic E-state index is 0.206. The van der Waals surface area contributed by atoms with Gasteiger partial charge in [-0.25, -0.2) is 9.18 Å². The molecule has 1 N–H and O–H groups in total. The molecule has 0 fully saturated rings. The van der Waals surface area contributed by atoms with Crippen molar-refractivity contribution in [2.24, 2.45) is 11.8 Å². The molecule has 56 heavy (non-hydrogen) atoms. The summed E-state index contributed by atoms with van der Waals surface area (Å²) in [6.07, 6.45) is 14.8. The Kier molecular flexibility index (Phi) is 20.9. The van der Waals surface area contributed by atoms with Gasteiger partial charge < -0.3 is 28.8 Å². The number of aryl methyl sites for hydroxylation is 1. The van der Waals surface area contributed by atoms with Crippen LogP contribution in [0.5, 0.6) is 0 Å². The summed E-state index contributed by atoms with van der Waals surface area (Å²) in [6, 6.07) is 6.28. The number of esters is 1. The Bertz CT molecular complexity index is 1430. The zero-order chi connectivity index (χ0) is 41.0. The molecule has 2 aliphatic carbocycles. The normalized spacial score (nSPS) is 21.3. The molecule has 10 heteroatoms. The van der Waals surface area contributed by atoms with Crippen molar-refractivity contribution in [2.75, 3.05) is 26.4 Å². The van der Waals surface area contributed by atoms with Gasteiger partial charge in [-0.15, -0.1) is 0 Å². The molecule has 0 radical (unpaired) electrons. The Morgan fingerprint density at radius 1 is 0.911 bits per heavy atom. The van der Waals surface area contributed by atoms with Crippen LogP contribution in [0.25, 0.3) is 0 Å². The first-order chi connectivity index (χ1) is 26.7. The first-order valence-electron chi connectivity index (χ1n) is 20.7. The maximum Gasteiger partial charge on any atom is 0.383 e. The molecular weight excluding hydrogens is 721 g/mol. The molecule has 0 amide bonds. The zero-order valence-electron chi connectivity index (χ0n) is 34.3. The van der Waals surface area contributed by atoms with Crippen LogP contribution in [0.15, 0.2) is 84.5 Å². The Labute approximate surface area is 334 Å². The van der Waals surface area contributed by atoms with Gasteiger partial charge in [-0.05, 0) is 94.6 Å². The molecule has 1 aromatic rings. The lowest BCUT2D eigenvalue weighted by molar-refractivity contribution is -0.269. The van der Waals surface area contributed by atoms with Crippen molar-refractivity contribution in [1.29, 1.82) is 0 Å². The molecule has 7 nitrogen and oxygen atoms in total. The SMILES string of the molecule is C=C(C)C(=O)OCCCCCC[C@H]1C=CC(C(C)(F)OC2C=CC(OC(F)(F)c3ccc(CCCCCCOC(O)C(=C)CCOCCC)cc3)CC2C)=CC1. The number of alkyl halides is 3. The number of rotatable bonds is 28. The second-order valence-corrected chi connectivity index (χ2v) is 15.5. The number of ether oxygens (including phenoxy) is 5. The minimum atomic E-state index is -3.48. The first kappa shape index (κ1) is 47.4. The number of carbonyl (C=O) groups excluding carboxylic acids is 1. The minimum Gasteiger partial charge on any atom is -0.462 e. The van der Waals surface area contributed by atoms with E-state index in [0.29, 0.717) is 55.5 Å². The highest BCUT2D eigenvalue weighted by atomic mass is 19.3. The molecule has 1 aromatic carbocycles. The molecule has 2 aliphatic rings. The molecule has 5 unspecified atom stereocenters. The van der Waals surface area contributed by atoms with Gasteiger partial charge in [0.2, 0.25) is 5.85 Å². The monoisotopic (exact) mass is 788 g/mol. The van der Waals surface area contributed by atoms with E-state index in [1.165, 1.54) is 19.1 Å². The van der Waals surface area contributed by atoms with E-state index in [-0.39, 0.29) is 23.9 Å². The highest BCUT2D eigenvalue weighted by Gasteiger charge is 2.40. The lowest BCUT2D eigenvalue weighted by Crippen LogP contribution is -2.38. The third kappa shape index (κ3) is 17.2. The number of unbranched alkanes of at least 4 members (excludes halogenated alkanes) is 6. The van der Waals surface area contributed by atoms with Crippen molar-refractivity contribution in [3.05, 3.63) is 95.6 Å². The van der Waals surface area contributed by atoms with Gasteiger partial charge in [0.1, 0.15) is 0 Å². The number of hydrogen-bond donors (Lipinski definition) is 1. The molecule has 0 aliphatic heterocycles. The molecule has 0 heterocycles. The number of benzene rings is 1. The van der Waals surface area contributed by atoms with E-state index in [2.05, 4.69) is 13.2 Å². The Morgan fingerprint density at radius 2 is 1.61 bits per heavy atom. The molecule has 314 valence electrons. The van der Waals surface area contributed by atoms with Crippen LogP contribution in [-0.2, 0) is 41.0 Å². The van der Waals surface area contributed by atoms with E-state index >= 15 is 13.2 Å².